The van der Waals surface area contributed by atoms with Crippen LogP contribution in [0.4, 0.5) is 5.69 Å². The first kappa shape index (κ1) is 11.3. The van der Waals surface area contributed by atoms with Gasteiger partial charge in [-0.25, -0.2) is 0 Å². The molecule has 0 aliphatic carbocycles. The summed E-state index contributed by atoms with van der Waals surface area (Å²) in [6.07, 6.45) is 5.57. The summed E-state index contributed by atoms with van der Waals surface area (Å²) in [5, 5.41) is 7.02. The van der Waals surface area contributed by atoms with Crippen LogP contribution >= 0.6 is 0 Å². The van der Waals surface area contributed by atoms with Crippen LogP contribution in [0.25, 0.3) is 0 Å². The highest BCUT2D eigenvalue weighted by Crippen LogP contribution is 2.04. The molecule has 0 unspecified atom stereocenters. The third-order valence-electron chi connectivity index (χ3n) is 2.31. The first-order valence-corrected chi connectivity index (χ1v) is 5.44. The minimum Gasteiger partial charge on any atom is -0.326 e. The fourth-order valence-electron chi connectivity index (χ4n) is 1.46. The zero-order chi connectivity index (χ0) is 12.1. The van der Waals surface area contributed by atoms with Crippen molar-refractivity contribution in [3.05, 3.63) is 42.5 Å². The Balaban J connectivity index is 1.82. The third kappa shape index (κ3) is 3.41. The largest absolute Gasteiger partial charge is 0.326 e. The fraction of sp³-hybridized carbons (Fsp3) is 0.250. The molecule has 0 aromatic carbocycles. The third-order valence-corrected chi connectivity index (χ3v) is 2.31. The van der Waals surface area contributed by atoms with E-state index in [2.05, 4.69) is 15.4 Å². The van der Waals surface area contributed by atoms with Crippen LogP contribution in [0.1, 0.15) is 12.1 Å². The van der Waals surface area contributed by atoms with Gasteiger partial charge >= 0.3 is 0 Å². The summed E-state index contributed by atoms with van der Waals surface area (Å²) in [6, 6.07) is 5.44. The van der Waals surface area contributed by atoms with Crippen LogP contribution in [0.2, 0.25) is 0 Å². The summed E-state index contributed by atoms with van der Waals surface area (Å²) in [5.74, 6) is -0.0237. The first-order valence-electron chi connectivity index (χ1n) is 5.44. The van der Waals surface area contributed by atoms with Crippen molar-refractivity contribution in [1.82, 2.24) is 14.8 Å². The molecule has 1 amide bonds. The van der Waals surface area contributed by atoms with Crippen LogP contribution in [0.5, 0.6) is 0 Å². The Morgan fingerprint density at radius 1 is 1.35 bits per heavy atom. The average molecular weight is 230 g/mol. The fourth-order valence-corrected chi connectivity index (χ4v) is 1.46. The molecule has 0 bridgehead atoms. The van der Waals surface area contributed by atoms with Crippen molar-refractivity contribution in [3.8, 4) is 0 Å². The molecular weight excluding hydrogens is 216 g/mol. The Morgan fingerprint density at radius 3 is 2.76 bits per heavy atom. The summed E-state index contributed by atoms with van der Waals surface area (Å²) in [7, 11) is 0. The van der Waals surface area contributed by atoms with Crippen molar-refractivity contribution in [2.75, 3.05) is 5.32 Å². The van der Waals surface area contributed by atoms with E-state index in [0.29, 0.717) is 13.0 Å². The number of aromatic nitrogens is 3. The predicted octanol–water partition coefficient (Wildman–Crippen LogP) is 1.62. The quantitative estimate of drug-likeness (QED) is 0.868. The van der Waals surface area contributed by atoms with Gasteiger partial charge in [0.1, 0.15) is 0 Å². The Labute approximate surface area is 99.5 Å². The van der Waals surface area contributed by atoms with Gasteiger partial charge < -0.3 is 5.32 Å². The maximum atomic E-state index is 11.6. The Kier molecular flexibility index (Phi) is 3.49. The van der Waals surface area contributed by atoms with Gasteiger partial charge in [0.2, 0.25) is 5.91 Å². The van der Waals surface area contributed by atoms with E-state index in [1.54, 1.807) is 29.2 Å². The maximum Gasteiger partial charge on any atom is 0.226 e. The van der Waals surface area contributed by atoms with Gasteiger partial charge in [0.15, 0.2) is 0 Å². The number of nitrogens with one attached hydrogen (secondary N) is 1. The lowest BCUT2D eigenvalue weighted by Crippen LogP contribution is -2.14. The molecule has 0 fully saturated rings. The Bertz CT molecular complexity index is 492. The van der Waals surface area contributed by atoms with E-state index >= 15 is 0 Å². The van der Waals surface area contributed by atoms with E-state index in [9.17, 15) is 4.79 Å². The van der Waals surface area contributed by atoms with Crippen molar-refractivity contribution < 1.29 is 4.79 Å². The van der Waals surface area contributed by atoms with Gasteiger partial charge in [-0.1, -0.05) is 0 Å². The molecule has 2 rings (SSSR count). The molecule has 88 valence electrons. The molecule has 0 spiro atoms. The van der Waals surface area contributed by atoms with Crippen LogP contribution in [-0.4, -0.2) is 20.7 Å². The van der Waals surface area contributed by atoms with Crippen molar-refractivity contribution in [2.45, 2.75) is 19.9 Å². The molecule has 1 N–H and O–H groups in total. The average Bonchev–Trinajstić information content (AvgIpc) is 2.74. The van der Waals surface area contributed by atoms with E-state index < -0.39 is 0 Å². The Morgan fingerprint density at radius 2 is 2.12 bits per heavy atom. The molecule has 5 nitrogen and oxygen atoms in total. The molecule has 2 aromatic rings. The number of anilines is 1. The van der Waals surface area contributed by atoms with Crippen molar-refractivity contribution in [1.29, 1.82) is 0 Å². The van der Waals surface area contributed by atoms with Crippen molar-refractivity contribution in [2.24, 2.45) is 0 Å². The number of aryl methyl sites for hydroxylation is 2. The zero-order valence-electron chi connectivity index (χ0n) is 9.63. The normalized spacial score (nSPS) is 10.2. The second kappa shape index (κ2) is 5.25. The summed E-state index contributed by atoms with van der Waals surface area (Å²) >= 11 is 0. The highest BCUT2D eigenvalue weighted by molar-refractivity contribution is 5.90. The lowest BCUT2D eigenvalue weighted by molar-refractivity contribution is -0.116. The molecule has 2 heterocycles. The number of amides is 1. The van der Waals surface area contributed by atoms with Crippen LogP contribution in [0, 0.1) is 6.92 Å². The summed E-state index contributed by atoms with van der Waals surface area (Å²) in [5.41, 5.74) is 1.72. The van der Waals surface area contributed by atoms with Crippen molar-refractivity contribution >= 4 is 11.6 Å². The van der Waals surface area contributed by atoms with E-state index in [1.165, 1.54) is 0 Å². The standard InChI is InChI=1S/C12H14N4O/c1-10-4-8-16(15-10)9-5-12(17)14-11-2-6-13-7-3-11/h2-4,6-8H,5,9H2,1H3,(H,13,14,17). The van der Waals surface area contributed by atoms with Crippen LogP contribution in [0.15, 0.2) is 36.8 Å². The molecule has 0 aliphatic rings. The molecule has 2 aromatic heterocycles. The minimum atomic E-state index is -0.0237. The predicted molar refractivity (Wildman–Crippen MR) is 64.4 cm³/mol. The van der Waals surface area contributed by atoms with Gasteiger partial charge in [0.25, 0.3) is 0 Å². The van der Waals surface area contributed by atoms with E-state index in [4.69, 9.17) is 0 Å². The van der Waals surface area contributed by atoms with E-state index in [0.717, 1.165) is 11.4 Å². The SMILES string of the molecule is Cc1ccn(CCC(=O)Nc2ccncc2)n1. The van der Waals surface area contributed by atoms with Crippen LogP contribution in [-0.2, 0) is 11.3 Å². The topological polar surface area (TPSA) is 59.8 Å². The Hall–Kier alpha value is -2.17. The number of hydrogen-bond acceptors (Lipinski definition) is 3. The van der Waals surface area contributed by atoms with Crippen LogP contribution < -0.4 is 5.32 Å². The number of rotatable bonds is 4. The maximum absolute atomic E-state index is 11.6. The number of carbonyl (C=O) groups excluding carboxylic acids is 1. The highest BCUT2D eigenvalue weighted by atomic mass is 16.1. The van der Waals surface area contributed by atoms with Crippen molar-refractivity contribution in [3.63, 3.8) is 0 Å². The minimum absolute atomic E-state index is 0.0237. The smallest absolute Gasteiger partial charge is 0.226 e. The molecule has 0 saturated carbocycles. The lowest BCUT2D eigenvalue weighted by Gasteiger charge is -2.04. The van der Waals surface area contributed by atoms with Gasteiger partial charge in [-0.2, -0.15) is 5.10 Å². The summed E-state index contributed by atoms with van der Waals surface area (Å²) in [4.78, 5) is 15.5. The number of nitrogens with zero attached hydrogens (tertiary/aromatic N) is 3. The van der Waals surface area contributed by atoms with Gasteiger partial charge in [-0.05, 0) is 25.1 Å². The number of hydrogen-bond donors (Lipinski definition) is 1. The van der Waals surface area contributed by atoms with Gasteiger partial charge in [0.05, 0.1) is 5.69 Å². The molecule has 0 atom stereocenters. The molecule has 0 radical (unpaired) electrons. The molecule has 17 heavy (non-hydrogen) atoms. The lowest BCUT2D eigenvalue weighted by atomic mass is 10.3. The highest BCUT2D eigenvalue weighted by Gasteiger charge is 2.03. The number of carbonyl (C=O) groups is 1. The monoisotopic (exact) mass is 230 g/mol. The second-order valence-electron chi connectivity index (χ2n) is 3.75. The number of pyridine rings is 1. The zero-order valence-corrected chi connectivity index (χ0v) is 9.63. The van der Waals surface area contributed by atoms with Gasteiger partial charge in [-0.15, -0.1) is 0 Å². The molecule has 0 aliphatic heterocycles. The van der Waals surface area contributed by atoms with Gasteiger partial charge in [0, 0.05) is 37.2 Å². The molecule has 0 saturated heterocycles. The van der Waals surface area contributed by atoms with E-state index in [1.807, 2.05) is 19.2 Å². The van der Waals surface area contributed by atoms with Gasteiger partial charge in [-0.3, -0.25) is 14.5 Å². The summed E-state index contributed by atoms with van der Waals surface area (Å²) < 4.78 is 1.77. The second-order valence-corrected chi connectivity index (χ2v) is 3.75. The first-order chi connectivity index (χ1) is 8.24. The molecule has 5 heteroatoms. The van der Waals surface area contributed by atoms with E-state index in [-0.39, 0.29) is 5.91 Å². The molecular formula is C12H14N4O. The van der Waals surface area contributed by atoms with Crippen LogP contribution in [0.3, 0.4) is 0 Å². The summed E-state index contributed by atoms with van der Waals surface area (Å²) in [6.45, 7) is 2.51.